The van der Waals surface area contributed by atoms with Crippen LogP contribution < -0.4 is 18.9 Å². The van der Waals surface area contributed by atoms with Crippen molar-refractivity contribution in [1.29, 1.82) is 0 Å². The Morgan fingerprint density at radius 3 is 2.21 bits per heavy atom. The Bertz CT molecular complexity index is 846. The van der Waals surface area contributed by atoms with E-state index in [0.717, 1.165) is 5.56 Å². The van der Waals surface area contributed by atoms with Crippen molar-refractivity contribution < 1.29 is 33.3 Å². The van der Waals surface area contributed by atoms with E-state index in [2.05, 4.69) is 0 Å². The molecule has 0 atom stereocenters. The Balaban J connectivity index is 2.09. The summed E-state index contributed by atoms with van der Waals surface area (Å²) in [5, 5.41) is 0. The predicted molar refractivity (Wildman–Crippen MR) is 103 cm³/mol. The van der Waals surface area contributed by atoms with Crippen LogP contribution in [0, 0.1) is 0 Å². The number of ether oxygens (including phenoxy) is 5. The normalized spacial score (nSPS) is 10.4. The Morgan fingerprint density at radius 1 is 0.964 bits per heavy atom. The molecule has 7 heteroatoms. The molecule has 0 bridgehead atoms. The molecule has 0 aromatic heterocycles. The maximum atomic E-state index is 12.0. The van der Waals surface area contributed by atoms with Gasteiger partial charge in [-0.05, 0) is 41.5 Å². The largest absolute Gasteiger partial charge is 0.497 e. The lowest BCUT2D eigenvalue weighted by atomic mass is 10.1. The van der Waals surface area contributed by atoms with Crippen molar-refractivity contribution >= 4 is 18.0 Å². The first kappa shape index (κ1) is 20.8. The van der Waals surface area contributed by atoms with E-state index in [-0.39, 0.29) is 12.4 Å². The molecule has 0 aliphatic heterocycles. The maximum Gasteiger partial charge on any atom is 0.331 e. The number of esters is 2. The van der Waals surface area contributed by atoms with Crippen LogP contribution in [0.4, 0.5) is 0 Å². The number of carbonyl (C=O) groups excluding carboxylic acids is 2. The lowest BCUT2D eigenvalue weighted by Gasteiger charge is -2.13. The molecule has 0 radical (unpaired) electrons. The molecule has 0 saturated carbocycles. The molecular formula is C21H22O7. The first-order valence-corrected chi connectivity index (χ1v) is 8.39. The average molecular weight is 386 g/mol. The first-order valence-electron chi connectivity index (χ1n) is 8.39. The lowest BCUT2D eigenvalue weighted by molar-refractivity contribution is -0.139. The van der Waals surface area contributed by atoms with Gasteiger partial charge in [0.2, 0.25) is 5.75 Å². The van der Waals surface area contributed by atoms with Gasteiger partial charge in [-0.15, -0.1) is 0 Å². The molecule has 0 aliphatic carbocycles. The van der Waals surface area contributed by atoms with Crippen molar-refractivity contribution in [2.24, 2.45) is 0 Å². The molecule has 0 amide bonds. The third-order valence-corrected chi connectivity index (χ3v) is 3.66. The van der Waals surface area contributed by atoms with Crippen molar-refractivity contribution in [2.45, 2.75) is 13.5 Å². The van der Waals surface area contributed by atoms with Crippen LogP contribution in [0.15, 0.2) is 42.5 Å². The zero-order valence-electron chi connectivity index (χ0n) is 16.2. The van der Waals surface area contributed by atoms with Crippen LogP contribution in [0.2, 0.25) is 0 Å². The highest BCUT2D eigenvalue weighted by Crippen LogP contribution is 2.39. The predicted octanol–water partition coefficient (Wildman–Crippen LogP) is 3.39. The number of carbonyl (C=O) groups is 2. The molecule has 148 valence electrons. The van der Waals surface area contributed by atoms with Gasteiger partial charge in [0, 0.05) is 13.0 Å². The fourth-order valence-corrected chi connectivity index (χ4v) is 2.37. The van der Waals surface area contributed by atoms with Gasteiger partial charge in [0.1, 0.15) is 12.4 Å². The summed E-state index contributed by atoms with van der Waals surface area (Å²) in [5.74, 6) is 0.468. The summed E-state index contributed by atoms with van der Waals surface area (Å²) in [6.45, 7) is 1.41. The maximum absolute atomic E-state index is 12.0. The monoisotopic (exact) mass is 386 g/mol. The second kappa shape index (κ2) is 10.0. The topological polar surface area (TPSA) is 80.3 Å². The summed E-state index contributed by atoms with van der Waals surface area (Å²) in [4.78, 5) is 23.3. The Hall–Kier alpha value is -3.48. The number of hydrogen-bond donors (Lipinski definition) is 0. The number of hydrogen-bond acceptors (Lipinski definition) is 7. The quantitative estimate of drug-likeness (QED) is 0.391. The minimum absolute atomic E-state index is 0.123. The highest BCUT2D eigenvalue weighted by molar-refractivity contribution is 5.87. The van der Waals surface area contributed by atoms with Crippen LogP contribution in [0.5, 0.6) is 23.0 Å². The van der Waals surface area contributed by atoms with Gasteiger partial charge in [-0.25, -0.2) is 4.79 Å². The van der Waals surface area contributed by atoms with E-state index >= 15 is 0 Å². The molecule has 2 aromatic carbocycles. The lowest BCUT2D eigenvalue weighted by Crippen LogP contribution is -2.05. The van der Waals surface area contributed by atoms with Crippen molar-refractivity contribution in [3.63, 3.8) is 0 Å². The smallest absolute Gasteiger partial charge is 0.331 e. The van der Waals surface area contributed by atoms with E-state index in [4.69, 9.17) is 23.7 Å². The van der Waals surface area contributed by atoms with Gasteiger partial charge >= 0.3 is 11.9 Å². The van der Waals surface area contributed by atoms with Gasteiger partial charge in [0.05, 0.1) is 21.3 Å². The van der Waals surface area contributed by atoms with Gasteiger partial charge in [-0.2, -0.15) is 0 Å². The van der Waals surface area contributed by atoms with Crippen molar-refractivity contribution in [3.05, 3.63) is 53.6 Å². The number of rotatable bonds is 8. The van der Waals surface area contributed by atoms with Crippen LogP contribution in [-0.4, -0.2) is 33.3 Å². The van der Waals surface area contributed by atoms with E-state index in [1.165, 1.54) is 27.2 Å². The van der Waals surface area contributed by atoms with Crippen molar-refractivity contribution in [1.82, 2.24) is 0 Å². The zero-order chi connectivity index (χ0) is 20.5. The third kappa shape index (κ3) is 5.77. The fraction of sp³-hybridized carbons (Fsp3) is 0.238. The van der Waals surface area contributed by atoms with Gasteiger partial charge in [-0.3, -0.25) is 4.79 Å². The van der Waals surface area contributed by atoms with Crippen LogP contribution in [0.25, 0.3) is 6.08 Å². The first-order chi connectivity index (χ1) is 13.5. The minimum atomic E-state index is -0.509. The standard InChI is InChI=1S/C21H22O7/c1-14(22)28-21-18(25-3)11-15(12-19(21)26-4)8-9-20(23)27-13-16-6-5-7-17(10-16)24-2/h5-12H,13H2,1-4H3/b9-8+. The Kier molecular flexibility index (Phi) is 7.45. The molecule has 2 aromatic rings. The number of benzene rings is 2. The summed E-state index contributed by atoms with van der Waals surface area (Å²) < 4.78 is 26.0. The van der Waals surface area contributed by atoms with Gasteiger partial charge < -0.3 is 23.7 Å². The molecule has 7 nitrogen and oxygen atoms in total. The van der Waals surface area contributed by atoms with E-state index in [1.807, 2.05) is 18.2 Å². The molecule has 2 rings (SSSR count). The summed E-state index contributed by atoms with van der Waals surface area (Å²) in [6, 6.07) is 10.5. The summed E-state index contributed by atoms with van der Waals surface area (Å²) in [5.41, 5.74) is 1.43. The molecule has 0 spiro atoms. The summed E-state index contributed by atoms with van der Waals surface area (Å²) in [7, 11) is 4.46. The molecule has 0 heterocycles. The van der Waals surface area contributed by atoms with E-state index in [0.29, 0.717) is 22.8 Å². The van der Waals surface area contributed by atoms with Crippen LogP contribution in [0.3, 0.4) is 0 Å². The average Bonchev–Trinajstić information content (AvgIpc) is 2.70. The fourth-order valence-electron chi connectivity index (χ4n) is 2.37. The van der Waals surface area contributed by atoms with Crippen LogP contribution in [0.1, 0.15) is 18.1 Å². The second-order valence-electron chi connectivity index (χ2n) is 5.64. The van der Waals surface area contributed by atoms with Crippen LogP contribution >= 0.6 is 0 Å². The molecule has 0 saturated heterocycles. The third-order valence-electron chi connectivity index (χ3n) is 3.66. The number of methoxy groups -OCH3 is 3. The minimum Gasteiger partial charge on any atom is -0.497 e. The molecule has 0 aliphatic rings. The SMILES string of the molecule is COc1cccc(COC(=O)/C=C/c2cc(OC)c(OC(C)=O)c(OC)c2)c1. The van der Waals surface area contributed by atoms with Gasteiger partial charge in [-0.1, -0.05) is 12.1 Å². The summed E-state index contributed by atoms with van der Waals surface area (Å²) in [6.07, 6.45) is 2.84. The van der Waals surface area contributed by atoms with E-state index < -0.39 is 11.9 Å². The molecule has 0 fully saturated rings. The highest BCUT2D eigenvalue weighted by atomic mass is 16.6. The van der Waals surface area contributed by atoms with Gasteiger partial charge in [0.25, 0.3) is 0 Å². The van der Waals surface area contributed by atoms with E-state index in [9.17, 15) is 9.59 Å². The molecule has 0 N–H and O–H groups in total. The van der Waals surface area contributed by atoms with Crippen molar-refractivity contribution in [2.75, 3.05) is 21.3 Å². The van der Waals surface area contributed by atoms with Crippen molar-refractivity contribution in [3.8, 4) is 23.0 Å². The molecule has 0 unspecified atom stereocenters. The van der Waals surface area contributed by atoms with Crippen LogP contribution in [-0.2, 0) is 20.9 Å². The zero-order valence-corrected chi connectivity index (χ0v) is 16.2. The van der Waals surface area contributed by atoms with Gasteiger partial charge in [0.15, 0.2) is 11.5 Å². The Morgan fingerprint density at radius 2 is 1.64 bits per heavy atom. The second-order valence-corrected chi connectivity index (χ2v) is 5.64. The molecular weight excluding hydrogens is 364 g/mol. The van der Waals surface area contributed by atoms with E-state index in [1.54, 1.807) is 31.4 Å². The Labute approximate surface area is 163 Å². The highest BCUT2D eigenvalue weighted by Gasteiger charge is 2.15. The molecule has 28 heavy (non-hydrogen) atoms. The summed E-state index contributed by atoms with van der Waals surface area (Å²) >= 11 is 0.